The van der Waals surface area contributed by atoms with Gasteiger partial charge in [-0.25, -0.2) is 8.78 Å². The zero-order chi connectivity index (χ0) is 30.9. The van der Waals surface area contributed by atoms with Gasteiger partial charge in [0.2, 0.25) is 11.8 Å². The number of rotatable bonds is 12. The fourth-order valence-electron chi connectivity index (χ4n) is 4.65. The summed E-state index contributed by atoms with van der Waals surface area (Å²) in [6, 6.07) is 14.2. The van der Waals surface area contributed by atoms with E-state index < -0.39 is 29.9 Å². The van der Waals surface area contributed by atoms with Crippen LogP contribution in [0.3, 0.4) is 0 Å². The Balaban J connectivity index is 1.20. The molecule has 1 fully saturated rings. The molecule has 4 aromatic rings. The van der Waals surface area contributed by atoms with Crippen molar-refractivity contribution < 1.29 is 37.3 Å². The molecule has 0 bridgehead atoms. The molecule has 1 saturated heterocycles. The molecular formula is C32H32F2N4O6. The minimum atomic E-state index is -0.726. The average molecular weight is 607 g/mol. The van der Waals surface area contributed by atoms with Crippen LogP contribution in [0.25, 0.3) is 10.9 Å². The van der Waals surface area contributed by atoms with Gasteiger partial charge in [-0.05, 0) is 55.0 Å². The second-order valence-electron chi connectivity index (χ2n) is 10.0. The van der Waals surface area contributed by atoms with Crippen molar-refractivity contribution in [3.8, 4) is 23.0 Å². The third-order valence-electron chi connectivity index (χ3n) is 6.85. The summed E-state index contributed by atoms with van der Waals surface area (Å²) in [6.07, 6.45) is 1.88. The van der Waals surface area contributed by atoms with Crippen LogP contribution in [0.4, 0.5) is 20.2 Å². The number of hydrogen-bond acceptors (Lipinski definition) is 8. The smallest absolute Gasteiger partial charge is 0.233 e. The first-order chi connectivity index (χ1) is 21.4. The fourth-order valence-corrected chi connectivity index (χ4v) is 4.65. The summed E-state index contributed by atoms with van der Waals surface area (Å²) >= 11 is 0. The van der Waals surface area contributed by atoms with E-state index >= 15 is 4.39 Å². The van der Waals surface area contributed by atoms with Gasteiger partial charge >= 0.3 is 0 Å². The van der Waals surface area contributed by atoms with E-state index in [0.717, 1.165) is 45.3 Å². The predicted octanol–water partition coefficient (Wildman–Crippen LogP) is 5.38. The lowest BCUT2D eigenvalue weighted by atomic mass is 10.1. The van der Waals surface area contributed by atoms with Gasteiger partial charge in [0.25, 0.3) is 0 Å². The summed E-state index contributed by atoms with van der Waals surface area (Å²) in [4.78, 5) is 31.2. The van der Waals surface area contributed by atoms with Crippen molar-refractivity contribution in [2.24, 2.45) is 0 Å². The van der Waals surface area contributed by atoms with Crippen LogP contribution >= 0.6 is 0 Å². The van der Waals surface area contributed by atoms with Crippen LogP contribution in [0.15, 0.2) is 66.9 Å². The van der Waals surface area contributed by atoms with Gasteiger partial charge in [-0.1, -0.05) is 0 Å². The number of anilines is 2. The minimum Gasteiger partial charge on any atom is -0.493 e. The Morgan fingerprint density at radius 2 is 1.61 bits per heavy atom. The second kappa shape index (κ2) is 14.6. The number of fused-ring (bicyclic) bond motifs is 1. The quantitative estimate of drug-likeness (QED) is 0.163. The number of carbonyl (C=O) groups excluding carboxylic acids is 2. The number of amides is 2. The third-order valence-corrected chi connectivity index (χ3v) is 6.85. The highest BCUT2D eigenvalue weighted by Gasteiger charge is 2.16. The van der Waals surface area contributed by atoms with Gasteiger partial charge in [-0.2, -0.15) is 0 Å². The van der Waals surface area contributed by atoms with E-state index in [4.69, 9.17) is 18.9 Å². The molecule has 2 N–H and O–H groups in total. The Kier molecular flexibility index (Phi) is 10.2. The topological polar surface area (TPSA) is 111 Å². The minimum absolute atomic E-state index is 0.0769. The van der Waals surface area contributed by atoms with Crippen LogP contribution in [0.5, 0.6) is 23.0 Å². The van der Waals surface area contributed by atoms with E-state index in [9.17, 15) is 14.0 Å². The second-order valence-corrected chi connectivity index (χ2v) is 10.0. The predicted molar refractivity (Wildman–Crippen MR) is 160 cm³/mol. The lowest BCUT2D eigenvalue weighted by Gasteiger charge is -2.26. The van der Waals surface area contributed by atoms with E-state index in [1.54, 1.807) is 24.4 Å². The molecule has 3 aromatic carbocycles. The molecule has 44 heavy (non-hydrogen) atoms. The van der Waals surface area contributed by atoms with Crippen molar-refractivity contribution in [1.82, 2.24) is 9.88 Å². The van der Waals surface area contributed by atoms with E-state index in [2.05, 4.69) is 20.5 Å². The summed E-state index contributed by atoms with van der Waals surface area (Å²) < 4.78 is 50.9. The number of aromatic nitrogens is 1. The van der Waals surface area contributed by atoms with Gasteiger partial charge in [0.1, 0.15) is 18.0 Å². The van der Waals surface area contributed by atoms with Crippen molar-refractivity contribution in [1.29, 1.82) is 0 Å². The molecule has 10 nitrogen and oxygen atoms in total. The number of ether oxygens (including phenoxy) is 4. The van der Waals surface area contributed by atoms with Gasteiger partial charge in [-0.3, -0.25) is 19.5 Å². The molecule has 0 aliphatic carbocycles. The Morgan fingerprint density at radius 3 is 2.34 bits per heavy atom. The number of morpholine rings is 1. The molecular weight excluding hydrogens is 574 g/mol. The lowest BCUT2D eigenvalue weighted by molar-refractivity contribution is -0.123. The van der Waals surface area contributed by atoms with E-state index in [-0.39, 0.29) is 11.4 Å². The molecule has 1 aliphatic heterocycles. The van der Waals surface area contributed by atoms with E-state index in [1.165, 1.54) is 43.5 Å². The fraction of sp³-hybridized carbons (Fsp3) is 0.281. The molecule has 12 heteroatoms. The number of nitrogens with one attached hydrogen (secondary N) is 2. The van der Waals surface area contributed by atoms with Gasteiger partial charge in [0, 0.05) is 54.7 Å². The molecule has 0 radical (unpaired) electrons. The van der Waals surface area contributed by atoms with Crippen molar-refractivity contribution in [2.45, 2.75) is 12.8 Å². The Morgan fingerprint density at radius 1 is 0.886 bits per heavy atom. The molecule has 230 valence electrons. The van der Waals surface area contributed by atoms with E-state index in [0.29, 0.717) is 40.4 Å². The zero-order valence-corrected chi connectivity index (χ0v) is 24.1. The van der Waals surface area contributed by atoms with Gasteiger partial charge < -0.3 is 29.6 Å². The highest BCUT2D eigenvalue weighted by molar-refractivity contribution is 6.08. The summed E-state index contributed by atoms with van der Waals surface area (Å²) in [6.45, 7) is 4.76. The maximum Gasteiger partial charge on any atom is 0.233 e. The monoisotopic (exact) mass is 606 g/mol. The van der Waals surface area contributed by atoms with Crippen molar-refractivity contribution >= 4 is 34.1 Å². The highest BCUT2D eigenvalue weighted by atomic mass is 19.1. The molecule has 0 saturated carbocycles. The van der Waals surface area contributed by atoms with Crippen LogP contribution in [0.2, 0.25) is 0 Å². The van der Waals surface area contributed by atoms with E-state index in [1.807, 2.05) is 0 Å². The average Bonchev–Trinajstić information content (AvgIpc) is 3.02. The van der Waals surface area contributed by atoms with Crippen LogP contribution in [0.1, 0.15) is 12.8 Å². The first-order valence-corrected chi connectivity index (χ1v) is 14.1. The molecule has 0 unspecified atom stereocenters. The first kappa shape index (κ1) is 30.6. The van der Waals surface area contributed by atoms with Crippen LogP contribution in [-0.2, 0) is 14.3 Å². The lowest BCUT2D eigenvalue weighted by Crippen LogP contribution is -2.37. The number of halogens is 2. The largest absolute Gasteiger partial charge is 0.493 e. The first-order valence-electron chi connectivity index (χ1n) is 14.1. The molecule has 0 atom stereocenters. The SMILES string of the molecule is COc1cc2c(Oc3ccc(NC(=O)CC(=O)Nc4ccc(F)cc4)cc3F)ccnc2cc1OCCCN1CCOCC1. The number of carbonyl (C=O) groups is 2. The Labute approximate surface area is 252 Å². The zero-order valence-electron chi connectivity index (χ0n) is 24.1. The van der Waals surface area contributed by atoms with Crippen LogP contribution in [0, 0.1) is 11.6 Å². The molecule has 5 rings (SSSR count). The number of pyridine rings is 1. The molecule has 1 aliphatic rings. The summed E-state index contributed by atoms with van der Waals surface area (Å²) in [7, 11) is 1.54. The maximum absolute atomic E-state index is 15.0. The van der Waals surface area contributed by atoms with Crippen molar-refractivity contribution in [2.75, 3.05) is 57.2 Å². The van der Waals surface area contributed by atoms with Crippen LogP contribution < -0.4 is 24.8 Å². The number of nitrogens with zero attached hydrogens (tertiary/aromatic N) is 2. The van der Waals surface area contributed by atoms with Gasteiger partial charge in [-0.15, -0.1) is 0 Å². The third kappa shape index (κ3) is 8.17. The standard InChI is InChI=1S/C32H32F2N4O6/c1-41-29-18-24-26(19-30(29)43-14-2-11-38-12-15-42-16-13-38)35-10-9-27(24)44-28-8-7-23(17-25(28)34)37-32(40)20-31(39)36-22-5-3-21(33)4-6-22/h3-10,17-19H,2,11-16,20H2,1H3,(H,36,39)(H,37,40). The van der Waals surface area contributed by atoms with Gasteiger partial charge in [0.05, 0.1) is 32.4 Å². The highest BCUT2D eigenvalue weighted by Crippen LogP contribution is 2.38. The summed E-state index contributed by atoms with van der Waals surface area (Å²) in [5, 5.41) is 5.57. The van der Waals surface area contributed by atoms with Crippen molar-refractivity contribution in [3.05, 3.63) is 78.5 Å². The normalized spacial score (nSPS) is 13.3. The molecule has 1 aromatic heterocycles. The Hall–Kier alpha value is -4.81. The molecule has 0 spiro atoms. The van der Waals surface area contributed by atoms with Gasteiger partial charge in [0.15, 0.2) is 23.1 Å². The van der Waals surface area contributed by atoms with Crippen LogP contribution in [-0.4, -0.2) is 68.3 Å². The number of methoxy groups -OCH3 is 1. The Bertz CT molecular complexity index is 1610. The molecule has 2 heterocycles. The number of benzene rings is 3. The maximum atomic E-state index is 15.0. The van der Waals surface area contributed by atoms with Crippen molar-refractivity contribution in [3.63, 3.8) is 0 Å². The summed E-state index contributed by atoms with van der Waals surface area (Å²) in [5.41, 5.74) is 1.07. The number of hydrogen-bond donors (Lipinski definition) is 2. The molecule has 2 amide bonds. The summed E-state index contributed by atoms with van der Waals surface area (Å²) in [5.74, 6) is -1.12.